The lowest BCUT2D eigenvalue weighted by atomic mass is 10.2. The number of nitrogens with two attached hydrogens (primary N) is 1. The second-order valence-electron chi connectivity index (χ2n) is 13.0. The first-order chi connectivity index (χ1) is 21.9. The van der Waals surface area contributed by atoms with E-state index < -0.39 is 21.5 Å². The lowest BCUT2D eigenvalue weighted by molar-refractivity contribution is -0.384. The van der Waals surface area contributed by atoms with Crippen molar-refractivity contribution in [3.8, 4) is 11.5 Å². The van der Waals surface area contributed by atoms with E-state index in [0.717, 1.165) is 25.9 Å². The van der Waals surface area contributed by atoms with Gasteiger partial charge in [0.15, 0.2) is 0 Å². The minimum Gasteiger partial charge on any atom is -0.495 e. The highest BCUT2D eigenvalue weighted by molar-refractivity contribution is 5.89. The molecule has 3 N–H and O–H groups in total. The molecule has 0 bridgehead atoms. The molecule has 2 aliphatic heterocycles. The van der Waals surface area contributed by atoms with Crippen molar-refractivity contribution in [1.29, 1.82) is 0 Å². The van der Waals surface area contributed by atoms with Crippen molar-refractivity contribution in [2.24, 2.45) is 0 Å². The minimum atomic E-state index is -0.698. The molecule has 47 heavy (non-hydrogen) atoms. The maximum Gasteiger partial charge on any atom is 0.412 e. The predicted molar refractivity (Wildman–Crippen MR) is 182 cm³/mol. The van der Waals surface area contributed by atoms with Crippen LogP contribution in [-0.4, -0.2) is 112 Å². The monoisotopic (exact) mass is 660 g/mol. The Morgan fingerprint density at radius 3 is 1.68 bits per heavy atom. The van der Waals surface area contributed by atoms with E-state index in [1.165, 1.54) is 26.4 Å². The quantitative estimate of drug-likeness (QED) is 0.219. The molecule has 2 heterocycles. The van der Waals surface area contributed by atoms with Gasteiger partial charge in [0, 0.05) is 62.5 Å². The molecule has 4 rings (SSSR count). The molecule has 2 aliphatic rings. The first kappa shape index (κ1) is 36.9. The van der Waals surface area contributed by atoms with Crippen molar-refractivity contribution in [2.45, 2.75) is 51.3 Å². The van der Waals surface area contributed by atoms with E-state index >= 15 is 0 Å². The number of nitrogens with zero attached hydrogens (tertiary/aromatic N) is 6. The van der Waals surface area contributed by atoms with E-state index in [1.54, 1.807) is 32.9 Å². The highest BCUT2D eigenvalue weighted by Gasteiger charge is 2.32. The second-order valence-corrected chi connectivity index (χ2v) is 13.0. The van der Waals surface area contributed by atoms with Crippen molar-refractivity contribution in [2.75, 3.05) is 89.4 Å². The number of nitrogen functional groups attached to an aromatic ring is 1. The van der Waals surface area contributed by atoms with Crippen molar-refractivity contribution in [1.82, 2.24) is 9.80 Å². The Morgan fingerprint density at radius 2 is 1.30 bits per heavy atom. The van der Waals surface area contributed by atoms with Gasteiger partial charge in [-0.25, -0.2) is 4.79 Å². The van der Waals surface area contributed by atoms with Crippen LogP contribution in [0.4, 0.5) is 38.9 Å². The standard InChI is InChI=1S/C18H28N4O5.C13H20N4O3/c1-18(2,3)27-17(23)19-13-9-15(22(24)25)14(10-16(13)26-6)21-8-7-12(11-21)20(4)5;1-15(2)9-4-5-16(8-9)11-7-13(20-3)10(14)6-12(11)17(18)19/h9-10,12H,7-8,11H2,1-6H3,(H,19,23);6-7,9H,4-5,8,14H2,1-3H3. The molecule has 16 heteroatoms. The molecule has 2 fully saturated rings. The second kappa shape index (κ2) is 15.3. The predicted octanol–water partition coefficient (Wildman–Crippen LogP) is 4.42. The highest BCUT2D eigenvalue weighted by Crippen LogP contribution is 2.40. The molecule has 2 aromatic carbocycles. The van der Waals surface area contributed by atoms with Crippen LogP contribution in [0, 0.1) is 20.2 Å². The van der Waals surface area contributed by atoms with Crippen LogP contribution < -0.4 is 30.3 Å². The van der Waals surface area contributed by atoms with Crippen LogP contribution in [0.15, 0.2) is 24.3 Å². The third-order valence-corrected chi connectivity index (χ3v) is 8.12. The summed E-state index contributed by atoms with van der Waals surface area (Å²) in [4.78, 5) is 42.3. The fraction of sp³-hybridized carbons (Fsp3) is 0.581. The fourth-order valence-corrected chi connectivity index (χ4v) is 5.55. The number of carbonyl (C=O) groups excluding carboxylic acids is 1. The summed E-state index contributed by atoms with van der Waals surface area (Å²) in [6.07, 6.45) is 1.21. The number of nitro groups is 2. The number of methoxy groups -OCH3 is 2. The number of nitrogens with one attached hydrogen (secondary N) is 1. The molecule has 0 saturated carbocycles. The average molecular weight is 661 g/mol. The van der Waals surface area contributed by atoms with E-state index in [1.807, 2.05) is 38.0 Å². The summed E-state index contributed by atoms with van der Waals surface area (Å²) < 4.78 is 15.7. The van der Waals surface area contributed by atoms with Gasteiger partial charge in [0.25, 0.3) is 11.4 Å². The number of rotatable bonds is 9. The number of likely N-dealkylation sites (N-methyl/N-ethyl adjacent to an activating group) is 2. The summed E-state index contributed by atoms with van der Waals surface area (Å²) in [5.74, 6) is 0.814. The van der Waals surface area contributed by atoms with Crippen LogP contribution in [0.1, 0.15) is 33.6 Å². The van der Waals surface area contributed by atoms with Gasteiger partial charge in [-0.3, -0.25) is 25.5 Å². The minimum absolute atomic E-state index is 0.0303. The molecule has 0 aromatic heterocycles. The van der Waals surface area contributed by atoms with E-state index in [4.69, 9.17) is 19.9 Å². The zero-order chi connectivity index (χ0) is 35.2. The highest BCUT2D eigenvalue weighted by atomic mass is 16.6. The third-order valence-electron chi connectivity index (χ3n) is 8.12. The van der Waals surface area contributed by atoms with Crippen LogP contribution in [-0.2, 0) is 4.74 Å². The number of anilines is 4. The zero-order valence-corrected chi connectivity index (χ0v) is 28.7. The van der Waals surface area contributed by atoms with Gasteiger partial charge in [-0.15, -0.1) is 0 Å². The Kier molecular flexibility index (Phi) is 12.0. The van der Waals surface area contributed by atoms with Gasteiger partial charge in [0.05, 0.1) is 35.4 Å². The molecule has 2 unspecified atom stereocenters. The first-order valence-corrected chi connectivity index (χ1v) is 15.3. The lowest BCUT2D eigenvalue weighted by Crippen LogP contribution is -2.31. The topological polar surface area (TPSA) is 182 Å². The van der Waals surface area contributed by atoms with Crippen LogP contribution in [0.5, 0.6) is 11.5 Å². The van der Waals surface area contributed by atoms with Gasteiger partial charge in [-0.1, -0.05) is 0 Å². The number of amides is 1. The Balaban J connectivity index is 0.000000267. The molecule has 16 nitrogen and oxygen atoms in total. The number of carbonyl (C=O) groups is 1. The largest absolute Gasteiger partial charge is 0.495 e. The Bertz CT molecular complexity index is 1450. The smallest absolute Gasteiger partial charge is 0.412 e. The molecule has 2 aromatic rings. The first-order valence-electron chi connectivity index (χ1n) is 15.3. The van der Waals surface area contributed by atoms with Gasteiger partial charge in [0.2, 0.25) is 0 Å². The summed E-state index contributed by atoms with van der Waals surface area (Å²) in [5, 5.41) is 25.4. The van der Waals surface area contributed by atoms with E-state index in [2.05, 4.69) is 15.1 Å². The molecule has 1 amide bonds. The summed E-state index contributed by atoms with van der Waals surface area (Å²) >= 11 is 0. The van der Waals surface area contributed by atoms with Gasteiger partial charge in [-0.2, -0.15) is 0 Å². The lowest BCUT2D eigenvalue weighted by Gasteiger charge is -2.23. The molecule has 0 spiro atoms. The average Bonchev–Trinajstić information content (AvgIpc) is 3.67. The Morgan fingerprint density at radius 1 is 0.851 bits per heavy atom. The van der Waals surface area contributed by atoms with Crippen molar-refractivity contribution in [3.63, 3.8) is 0 Å². The summed E-state index contributed by atoms with van der Waals surface area (Å²) in [5.41, 5.74) is 6.56. The Labute approximate surface area is 275 Å². The molecular formula is C31H48N8O8. The van der Waals surface area contributed by atoms with Crippen molar-refractivity contribution >= 4 is 40.2 Å². The van der Waals surface area contributed by atoms with Crippen molar-refractivity contribution in [3.05, 3.63) is 44.5 Å². The third kappa shape index (κ3) is 9.48. The van der Waals surface area contributed by atoms with Crippen molar-refractivity contribution < 1.29 is 28.9 Å². The molecule has 2 atom stereocenters. The number of hydrogen-bond acceptors (Lipinski definition) is 13. The summed E-state index contributed by atoms with van der Waals surface area (Å²) in [6.45, 7) is 8.18. The van der Waals surface area contributed by atoms with Gasteiger partial charge in [0.1, 0.15) is 28.5 Å². The molecule has 0 aliphatic carbocycles. The van der Waals surface area contributed by atoms with E-state index in [0.29, 0.717) is 48.0 Å². The number of nitro benzene ring substituents is 2. The van der Waals surface area contributed by atoms with Crippen LogP contribution in [0.2, 0.25) is 0 Å². The molecular weight excluding hydrogens is 612 g/mol. The Hall–Kier alpha value is -4.57. The van der Waals surface area contributed by atoms with Gasteiger partial charge in [-0.05, 0) is 61.8 Å². The maximum absolute atomic E-state index is 12.1. The zero-order valence-electron chi connectivity index (χ0n) is 28.7. The molecule has 2 saturated heterocycles. The van der Waals surface area contributed by atoms with Crippen LogP contribution >= 0.6 is 0 Å². The van der Waals surface area contributed by atoms with Crippen LogP contribution in [0.3, 0.4) is 0 Å². The van der Waals surface area contributed by atoms with E-state index in [9.17, 15) is 25.0 Å². The molecule has 260 valence electrons. The number of benzene rings is 2. The number of ether oxygens (including phenoxy) is 3. The normalized spacial score (nSPS) is 17.8. The van der Waals surface area contributed by atoms with Gasteiger partial charge < -0.3 is 39.5 Å². The van der Waals surface area contributed by atoms with Gasteiger partial charge >= 0.3 is 6.09 Å². The number of hydrogen-bond donors (Lipinski definition) is 2. The van der Waals surface area contributed by atoms with E-state index in [-0.39, 0.29) is 22.7 Å². The molecule has 0 radical (unpaired) electrons. The summed E-state index contributed by atoms with van der Waals surface area (Å²) in [7, 11) is 11.0. The van der Waals surface area contributed by atoms with Crippen LogP contribution in [0.25, 0.3) is 0 Å². The SMILES string of the molecule is COc1cc(N2CCC(N(C)C)C2)c([N+](=O)[O-])cc1N.COc1cc(N2CCC(N(C)C)C2)c([N+](=O)[O-])cc1NC(=O)OC(C)(C)C. The fourth-order valence-electron chi connectivity index (χ4n) is 5.55. The summed E-state index contributed by atoms with van der Waals surface area (Å²) in [6, 6.07) is 6.68. The maximum atomic E-state index is 12.1.